The number of hydrogen-bond donors (Lipinski definition) is 2. The molecule has 0 aromatic heterocycles. The van der Waals surface area contributed by atoms with E-state index in [1.165, 1.54) is 0 Å². The van der Waals surface area contributed by atoms with Gasteiger partial charge in [0.25, 0.3) is 5.91 Å². The Morgan fingerprint density at radius 1 is 0.867 bits per heavy atom. The molecular weight excluding hydrogens is 370 g/mol. The third-order valence-electron chi connectivity index (χ3n) is 5.53. The molecule has 0 radical (unpaired) electrons. The largest absolute Gasteiger partial charge is 0.507 e. The lowest BCUT2D eigenvalue weighted by Gasteiger charge is -2.19. The molecule has 0 aliphatic rings. The van der Waals surface area contributed by atoms with Crippen LogP contribution in [0, 0.1) is 13.8 Å². The van der Waals surface area contributed by atoms with Crippen LogP contribution >= 0.6 is 0 Å². The smallest absolute Gasteiger partial charge is 0.252 e. The molecule has 0 bridgehead atoms. The monoisotopic (exact) mass is 395 g/mol. The number of phenolic OH excluding ortho intramolecular Hbond substituents is 1. The molecule has 3 heteroatoms. The molecular formula is C27H25NO2. The summed E-state index contributed by atoms with van der Waals surface area (Å²) < 4.78 is 0. The number of aryl methyl sites for hydroxylation is 2. The summed E-state index contributed by atoms with van der Waals surface area (Å²) in [7, 11) is 0. The lowest BCUT2D eigenvalue weighted by Crippen LogP contribution is -2.27. The summed E-state index contributed by atoms with van der Waals surface area (Å²) in [5.74, 6) is 0.0282. The summed E-state index contributed by atoms with van der Waals surface area (Å²) >= 11 is 0. The summed E-state index contributed by atoms with van der Waals surface area (Å²) in [5, 5.41) is 15.9. The summed E-state index contributed by atoms with van der Waals surface area (Å²) in [4.78, 5) is 13.4. The number of benzene rings is 4. The maximum atomic E-state index is 13.4. The van der Waals surface area contributed by atoms with Crippen molar-refractivity contribution in [2.24, 2.45) is 0 Å². The van der Waals surface area contributed by atoms with E-state index >= 15 is 0 Å². The summed E-state index contributed by atoms with van der Waals surface area (Å²) in [6, 6.07) is 25.3. The highest BCUT2D eigenvalue weighted by Gasteiger charge is 2.21. The van der Waals surface area contributed by atoms with E-state index in [9.17, 15) is 9.90 Å². The molecule has 4 aromatic rings. The van der Waals surface area contributed by atoms with Crippen LogP contribution in [0.2, 0.25) is 0 Å². The molecule has 0 spiro atoms. The minimum Gasteiger partial charge on any atom is -0.507 e. The zero-order chi connectivity index (χ0) is 21.3. The molecule has 2 N–H and O–H groups in total. The fraction of sp³-hybridized carbons (Fsp3) is 0.148. The normalized spacial score (nSPS) is 12.0. The van der Waals surface area contributed by atoms with Gasteiger partial charge in [-0.05, 0) is 60.4 Å². The van der Waals surface area contributed by atoms with Crippen LogP contribution in [0.25, 0.3) is 21.9 Å². The third-order valence-corrected chi connectivity index (χ3v) is 5.53. The van der Waals surface area contributed by atoms with Crippen LogP contribution in [0.1, 0.15) is 40.0 Å². The van der Waals surface area contributed by atoms with E-state index in [-0.39, 0.29) is 17.7 Å². The number of phenols is 1. The molecule has 1 amide bonds. The van der Waals surface area contributed by atoms with E-state index in [2.05, 4.69) is 5.32 Å². The molecule has 0 unspecified atom stereocenters. The van der Waals surface area contributed by atoms with Crippen LogP contribution < -0.4 is 5.32 Å². The average Bonchev–Trinajstić information content (AvgIpc) is 2.73. The van der Waals surface area contributed by atoms with Crippen molar-refractivity contribution in [1.82, 2.24) is 5.32 Å². The predicted octanol–water partition coefficient (Wildman–Crippen LogP) is 6.32. The van der Waals surface area contributed by atoms with Gasteiger partial charge >= 0.3 is 0 Å². The lowest BCUT2D eigenvalue weighted by molar-refractivity contribution is 0.0940. The van der Waals surface area contributed by atoms with Crippen LogP contribution in [-0.4, -0.2) is 11.0 Å². The van der Waals surface area contributed by atoms with Gasteiger partial charge in [0.05, 0.1) is 6.04 Å². The van der Waals surface area contributed by atoms with Crippen molar-refractivity contribution in [2.75, 3.05) is 0 Å². The van der Waals surface area contributed by atoms with Crippen molar-refractivity contribution in [1.29, 1.82) is 0 Å². The topological polar surface area (TPSA) is 49.3 Å². The number of aromatic hydroxyl groups is 1. The van der Waals surface area contributed by atoms with Crippen LogP contribution in [-0.2, 0) is 0 Å². The molecule has 0 heterocycles. The molecule has 30 heavy (non-hydrogen) atoms. The predicted molar refractivity (Wildman–Crippen MR) is 123 cm³/mol. The fourth-order valence-electron chi connectivity index (χ4n) is 4.10. The van der Waals surface area contributed by atoms with Crippen LogP contribution in [0.3, 0.4) is 0 Å². The Labute approximate surface area is 177 Å². The summed E-state index contributed by atoms with van der Waals surface area (Å²) in [5.41, 5.74) is 4.99. The fourth-order valence-corrected chi connectivity index (χ4v) is 4.10. The van der Waals surface area contributed by atoms with E-state index < -0.39 is 0 Å². The first-order valence-electron chi connectivity index (χ1n) is 10.1. The summed E-state index contributed by atoms with van der Waals surface area (Å²) in [6.07, 6.45) is 0. The molecule has 150 valence electrons. The second-order valence-corrected chi connectivity index (χ2v) is 7.79. The van der Waals surface area contributed by atoms with Crippen molar-refractivity contribution >= 4 is 16.7 Å². The van der Waals surface area contributed by atoms with Gasteiger partial charge in [0.15, 0.2) is 0 Å². The maximum absolute atomic E-state index is 13.4. The Hall–Kier alpha value is -3.59. The van der Waals surface area contributed by atoms with E-state index in [0.717, 1.165) is 33.0 Å². The number of carbonyl (C=O) groups excluding carboxylic acids is 1. The first-order valence-corrected chi connectivity index (χ1v) is 10.1. The molecule has 0 aliphatic heterocycles. The molecule has 4 aromatic carbocycles. The van der Waals surface area contributed by atoms with Gasteiger partial charge in [0.1, 0.15) is 5.75 Å². The molecule has 1 atom stereocenters. The molecule has 0 saturated carbocycles. The van der Waals surface area contributed by atoms with E-state index in [4.69, 9.17) is 0 Å². The number of fused-ring (bicyclic) bond motifs is 1. The van der Waals surface area contributed by atoms with Gasteiger partial charge < -0.3 is 10.4 Å². The second kappa shape index (κ2) is 8.03. The third kappa shape index (κ3) is 3.67. The Morgan fingerprint density at radius 3 is 2.30 bits per heavy atom. The van der Waals surface area contributed by atoms with Crippen molar-refractivity contribution in [3.05, 3.63) is 101 Å². The van der Waals surface area contributed by atoms with Gasteiger partial charge in [0.2, 0.25) is 0 Å². The Kier molecular flexibility index (Phi) is 5.28. The van der Waals surface area contributed by atoms with Gasteiger partial charge in [-0.3, -0.25) is 4.79 Å². The highest BCUT2D eigenvalue weighted by Crippen LogP contribution is 2.40. The van der Waals surface area contributed by atoms with Crippen LogP contribution in [0.5, 0.6) is 5.75 Å². The van der Waals surface area contributed by atoms with Gasteiger partial charge in [-0.2, -0.15) is 0 Å². The van der Waals surface area contributed by atoms with Gasteiger partial charge in [-0.1, -0.05) is 66.7 Å². The Balaban J connectivity index is 1.87. The van der Waals surface area contributed by atoms with Crippen molar-refractivity contribution in [2.45, 2.75) is 26.8 Å². The molecule has 0 fully saturated rings. The highest BCUT2D eigenvalue weighted by atomic mass is 16.3. The van der Waals surface area contributed by atoms with E-state index in [0.29, 0.717) is 11.1 Å². The number of nitrogens with one attached hydrogen (secondary N) is 1. The Morgan fingerprint density at radius 2 is 1.57 bits per heavy atom. The molecule has 3 nitrogen and oxygen atoms in total. The minimum absolute atomic E-state index is 0.134. The standard InChI is InChI=1S/C27H25NO2/c1-17-15-18(2)25(24(29)16-17)26-22-12-8-7-11-21(22)13-14-23(26)27(30)28-19(3)20-9-5-4-6-10-20/h4-16,19,29H,1-3H3,(H,28,30)/t19-/m0/s1. The number of carbonyl (C=O) groups is 1. The zero-order valence-corrected chi connectivity index (χ0v) is 17.4. The first kappa shape index (κ1) is 19.7. The summed E-state index contributed by atoms with van der Waals surface area (Å²) in [6.45, 7) is 5.90. The molecule has 0 aliphatic carbocycles. The SMILES string of the molecule is Cc1cc(C)c(-c2c(C(=O)N[C@@H](C)c3ccccc3)ccc3ccccc23)c(O)c1. The van der Waals surface area contributed by atoms with E-state index in [1.807, 2.05) is 93.6 Å². The minimum atomic E-state index is -0.161. The second-order valence-electron chi connectivity index (χ2n) is 7.79. The molecule has 0 saturated heterocycles. The molecule has 4 rings (SSSR count). The number of rotatable bonds is 4. The zero-order valence-electron chi connectivity index (χ0n) is 17.4. The maximum Gasteiger partial charge on any atom is 0.252 e. The number of hydrogen-bond acceptors (Lipinski definition) is 2. The highest BCUT2D eigenvalue weighted by molar-refractivity contribution is 6.11. The first-order chi connectivity index (χ1) is 14.5. The van der Waals surface area contributed by atoms with Crippen molar-refractivity contribution in [3.8, 4) is 16.9 Å². The van der Waals surface area contributed by atoms with Crippen LogP contribution in [0.15, 0.2) is 78.9 Å². The number of amides is 1. The van der Waals surface area contributed by atoms with E-state index in [1.54, 1.807) is 6.07 Å². The van der Waals surface area contributed by atoms with Gasteiger partial charge in [-0.25, -0.2) is 0 Å². The lowest BCUT2D eigenvalue weighted by atomic mass is 9.89. The van der Waals surface area contributed by atoms with Gasteiger partial charge in [0, 0.05) is 16.7 Å². The van der Waals surface area contributed by atoms with Crippen molar-refractivity contribution < 1.29 is 9.90 Å². The Bertz CT molecular complexity index is 1210. The quantitative estimate of drug-likeness (QED) is 0.425. The van der Waals surface area contributed by atoms with Gasteiger partial charge in [-0.15, -0.1) is 0 Å². The van der Waals surface area contributed by atoms with Crippen LogP contribution in [0.4, 0.5) is 0 Å². The van der Waals surface area contributed by atoms with Crippen molar-refractivity contribution in [3.63, 3.8) is 0 Å². The average molecular weight is 396 g/mol.